The van der Waals surface area contributed by atoms with Gasteiger partial charge in [0.2, 0.25) is 11.8 Å². The predicted octanol–water partition coefficient (Wildman–Crippen LogP) is 1.15. The smallest absolute Gasteiger partial charge is 0.223 e. The lowest BCUT2D eigenvalue weighted by Crippen LogP contribution is -2.35. The van der Waals surface area contributed by atoms with Crippen LogP contribution in [0.4, 0.5) is 0 Å². The third-order valence-corrected chi connectivity index (χ3v) is 2.02. The third kappa shape index (κ3) is 6.94. The molecular formula is C11H22N2O2. The number of carbonyl (C=O) groups excluding carboxylic acids is 2. The van der Waals surface area contributed by atoms with Crippen molar-refractivity contribution in [2.45, 2.75) is 40.0 Å². The number of carbonyl (C=O) groups is 2. The van der Waals surface area contributed by atoms with Gasteiger partial charge >= 0.3 is 0 Å². The van der Waals surface area contributed by atoms with E-state index in [0.29, 0.717) is 5.92 Å². The fraction of sp³-hybridized carbons (Fsp3) is 0.818. The maximum absolute atomic E-state index is 11.7. The molecule has 0 saturated carbocycles. The van der Waals surface area contributed by atoms with E-state index < -0.39 is 5.91 Å². The number of rotatable bonds is 7. The van der Waals surface area contributed by atoms with Gasteiger partial charge in [-0.3, -0.25) is 9.59 Å². The van der Waals surface area contributed by atoms with E-state index in [1.54, 1.807) is 0 Å². The molecule has 0 spiro atoms. The van der Waals surface area contributed by atoms with Crippen LogP contribution in [0.25, 0.3) is 0 Å². The maximum atomic E-state index is 11.7. The van der Waals surface area contributed by atoms with E-state index in [2.05, 4.69) is 13.8 Å². The number of nitrogens with zero attached hydrogens (tertiary/aromatic N) is 1. The molecule has 4 nitrogen and oxygen atoms in total. The highest BCUT2D eigenvalue weighted by molar-refractivity contribution is 5.82. The number of primary amides is 1. The Morgan fingerprint density at radius 2 is 1.87 bits per heavy atom. The molecule has 0 aromatic rings. The molecule has 0 aromatic carbocycles. The second kappa shape index (κ2) is 7.26. The molecule has 0 bridgehead atoms. The third-order valence-electron chi connectivity index (χ3n) is 2.02. The molecule has 0 aliphatic heterocycles. The van der Waals surface area contributed by atoms with Gasteiger partial charge in [0.1, 0.15) is 0 Å². The molecule has 0 rings (SSSR count). The van der Waals surface area contributed by atoms with Gasteiger partial charge < -0.3 is 10.6 Å². The Labute approximate surface area is 91.8 Å². The molecule has 2 amide bonds. The van der Waals surface area contributed by atoms with Crippen molar-refractivity contribution in [3.05, 3.63) is 0 Å². The fourth-order valence-corrected chi connectivity index (χ4v) is 1.42. The molecule has 0 aromatic heterocycles. The van der Waals surface area contributed by atoms with Crippen molar-refractivity contribution in [1.82, 2.24) is 4.90 Å². The van der Waals surface area contributed by atoms with Crippen molar-refractivity contribution in [1.29, 1.82) is 0 Å². The van der Waals surface area contributed by atoms with Crippen LogP contribution in [0.15, 0.2) is 0 Å². The topological polar surface area (TPSA) is 63.4 Å². The zero-order valence-corrected chi connectivity index (χ0v) is 9.95. The summed E-state index contributed by atoms with van der Waals surface area (Å²) in [7, 11) is 0. The Hall–Kier alpha value is -1.06. The minimum Gasteiger partial charge on any atom is -0.370 e. The Morgan fingerprint density at radius 1 is 1.27 bits per heavy atom. The summed E-state index contributed by atoms with van der Waals surface area (Å²) >= 11 is 0. The molecule has 4 heteroatoms. The molecule has 0 atom stereocenters. The summed E-state index contributed by atoms with van der Waals surface area (Å²) in [5.41, 5.74) is 5.01. The number of hydrogen-bond donors (Lipinski definition) is 1. The summed E-state index contributed by atoms with van der Waals surface area (Å²) in [4.78, 5) is 24.1. The van der Waals surface area contributed by atoms with E-state index >= 15 is 0 Å². The van der Waals surface area contributed by atoms with Crippen LogP contribution in [-0.4, -0.2) is 29.8 Å². The molecule has 0 aliphatic rings. The SMILES string of the molecule is CCCN(CC(C)C)C(=O)CCC(N)=O. The zero-order valence-electron chi connectivity index (χ0n) is 9.95. The van der Waals surface area contributed by atoms with Crippen molar-refractivity contribution in [3.8, 4) is 0 Å². The van der Waals surface area contributed by atoms with E-state index in [1.807, 2.05) is 11.8 Å². The molecule has 0 aliphatic carbocycles. The van der Waals surface area contributed by atoms with E-state index in [9.17, 15) is 9.59 Å². The van der Waals surface area contributed by atoms with E-state index in [1.165, 1.54) is 0 Å². The summed E-state index contributed by atoms with van der Waals surface area (Å²) in [6, 6.07) is 0. The maximum Gasteiger partial charge on any atom is 0.223 e. The second-order valence-corrected chi connectivity index (χ2v) is 4.20. The molecule has 0 saturated heterocycles. The van der Waals surface area contributed by atoms with Crippen molar-refractivity contribution in [2.75, 3.05) is 13.1 Å². The number of hydrogen-bond acceptors (Lipinski definition) is 2. The standard InChI is InChI=1S/C11H22N2O2/c1-4-7-13(8-9(2)3)11(15)6-5-10(12)14/h9H,4-8H2,1-3H3,(H2,12,14). The van der Waals surface area contributed by atoms with Gasteiger partial charge in [-0.2, -0.15) is 0 Å². The first-order valence-corrected chi connectivity index (χ1v) is 5.53. The monoisotopic (exact) mass is 214 g/mol. The van der Waals surface area contributed by atoms with Crippen LogP contribution in [0.5, 0.6) is 0 Å². The zero-order chi connectivity index (χ0) is 11.8. The summed E-state index contributed by atoms with van der Waals surface area (Å²) in [5, 5.41) is 0. The quantitative estimate of drug-likeness (QED) is 0.691. The van der Waals surface area contributed by atoms with E-state index in [-0.39, 0.29) is 18.7 Å². The lowest BCUT2D eigenvalue weighted by atomic mass is 10.2. The minimum atomic E-state index is -0.413. The van der Waals surface area contributed by atoms with Crippen LogP contribution >= 0.6 is 0 Å². The summed E-state index contributed by atoms with van der Waals surface area (Å²) in [6.45, 7) is 7.70. The van der Waals surface area contributed by atoms with Crippen LogP contribution in [0.1, 0.15) is 40.0 Å². The van der Waals surface area contributed by atoms with Crippen LogP contribution in [0, 0.1) is 5.92 Å². The Bertz CT molecular complexity index is 215. The first kappa shape index (κ1) is 13.9. The van der Waals surface area contributed by atoms with Gasteiger partial charge in [-0.15, -0.1) is 0 Å². The van der Waals surface area contributed by atoms with Crippen molar-refractivity contribution in [3.63, 3.8) is 0 Å². The van der Waals surface area contributed by atoms with Gasteiger partial charge in [-0.25, -0.2) is 0 Å². The highest BCUT2D eigenvalue weighted by Crippen LogP contribution is 2.04. The number of nitrogens with two attached hydrogens (primary N) is 1. The van der Waals surface area contributed by atoms with Crippen molar-refractivity contribution < 1.29 is 9.59 Å². The van der Waals surface area contributed by atoms with Gasteiger partial charge in [-0.1, -0.05) is 20.8 Å². The van der Waals surface area contributed by atoms with Crippen LogP contribution in [0.2, 0.25) is 0 Å². The van der Waals surface area contributed by atoms with Crippen molar-refractivity contribution in [2.24, 2.45) is 11.7 Å². The van der Waals surface area contributed by atoms with Crippen LogP contribution in [-0.2, 0) is 9.59 Å². The fourth-order valence-electron chi connectivity index (χ4n) is 1.42. The molecule has 0 unspecified atom stereocenters. The molecule has 0 fully saturated rings. The second-order valence-electron chi connectivity index (χ2n) is 4.20. The first-order chi connectivity index (χ1) is 6.97. The Balaban J connectivity index is 4.09. The average molecular weight is 214 g/mol. The van der Waals surface area contributed by atoms with Gasteiger partial charge in [0.15, 0.2) is 0 Å². The van der Waals surface area contributed by atoms with Gasteiger partial charge in [-0.05, 0) is 12.3 Å². The highest BCUT2D eigenvalue weighted by atomic mass is 16.2. The van der Waals surface area contributed by atoms with E-state index in [4.69, 9.17) is 5.73 Å². The summed E-state index contributed by atoms with van der Waals surface area (Å²) in [6.07, 6.45) is 1.33. The lowest BCUT2D eigenvalue weighted by Gasteiger charge is -2.23. The molecular weight excluding hydrogens is 192 g/mol. The van der Waals surface area contributed by atoms with Gasteiger partial charge in [0.05, 0.1) is 0 Å². The van der Waals surface area contributed by atoms with Crippen LogP contribution < -0.4 is 5.73 Å². The molecule has 0 heterocycles. The minimum absolute atomic E-state index is 0.0318. The van der Waals surface area contributed by atoms with Gasteiger partial charge in [0.25, 0.3) is 0 Å². The van der Waals surface area contributed by atoms with Gasteiger partial charge in [0, 0.05) is 25.9 Å². The predicted molar refractivity (Wildman–Crippen MR) is 60.1 cm³/mol. The normalized spacial score (nSPS) is 10.4. The van der Waals surface area contributed by atoms with Crippen LogP contribution in [0.3, 0.4) is 0 Å². The van der Waals surface area contributed by atoms with E-state index in [0.717, 1.165) is 19.5 Å². The first-order valence-electron chi connectivity index (χ1n) is 5.53. The average Bonchev–Trinajstić information content (AvgIpc) is 2.12. The highest BCUT2D eigenvalue weighted by Gasteiger charge is 2.14. The summed E-state index contributed by atoms with van der Waals surface area (Å²) in [5.74, 6) is 0.0720. The molecule has 15 heavy (non-hydrogen) atoms. The van der Waals surface area contributed by atoms with Crippen molar-refractivity contribution >= 4 is 11.8 Å². The summed E-state index contributed by atoms with van der Waals surface area (Å²) < 4.78 is 0. The Kier molecular flexibility index (Phi) is 6.75. The Morgan fingerprint density at radius 3 is 2.27 bits per heavy atom. The molecule has 0 radical (unpaired) electrons. The largest absolute Gasteiger partial charge is 0.370 e. The molecule has 88 valence electrons. The number of amides is 2. The molecule has 2 N–H and O–H groups in total. The lowest BCUT2D eigenvalue weighted by molar-refractivity contribution is -0.133.